The molecule has 1 amide bonds. The fourth-order valence-electron chi connectivity index (χ4n) is 6.12. The molecule has 2 aliphatic heterocycles. The second kappa shape index (κ2) is 9.59. The van der Waals surface area contributed by atoms with Gasteiger partial charge < -0.3 is 14.2 Å². The molecular formula is C32H30FNO4. The van der Waals surface area contributed by atoms with Crippen molar-refractivity contribution < 1.29 is 23.4 Å². The minimum Gasteiger partial charge on any atom is -0.493 e. The number of halogens is 1. The van der Waals surface area contributed by atoms with Gasteiger partial charge in [-0.3, -0.25) is 4.90 Å². The summed E-state index contributed by atoms with van der Waals surface area (Å²) >= 11 is 0. The molecule has 0 aromatic heterocycles. The van der Waals surface area contributed by atoms with Gasteiger partial charge in [0.1, 0.15) is 18.2 Å². The first-order valence-electron chi connectivity index (χ1n) is 13.5. The minimum absolute atomic E-state index is 0.0109. The fraction of sp³-hybridized carbons (Fsp3) is 0.344. The van der Waals surface area contributed by atoms with Crippen molar-refractivity contribution in [3.8, 4) is 16.9 Å². The summed E-state index contributed by atoms with van der Waals surface area (Å²) in [5.74, 6) is 1.03. The summed E-state index contributed by atoms with van der Waals surface area (Å²) in [6.45, 7) is 1.75. The Morgan fingerprint density at radius 3 is 2.37 bits per heavy atom. The van der Waals surface area contributed by atoms with Gasteiger partial charge >= 0.3 is 6.09 Å². The summed E-state index contributed by atoms with van der Waals surface area (Å²) in [7, 11) is 0. The second-order valence-corrected chi connectivity index (χ2v) is 10.8. The van der Waals surface area contributed by atoms with Crippen molar-refractivity contribution in [3.05, 3.63) is 95.3 Å². The van der Waals surface area contributed by atoms with E-state index in [2.05, 4.69) is 24.3 Å². The van der Waals surface area contributed by atoms with Crippen LogP contribution in [0.3, 0.4) is 0 Å². The van der Waals surface area contributed by atoms with Gasteiger partial charge in [0.2, 0.25) is 0 Å². The quantitative estimate of drug-likeness (QED) is 0.383. The van der Waals surface area contributed by atoms with Gasteiger partial charge in [0.25, 0.3) is 0 Å². The third kappa shape index (κ3) is 4.27. The third-order valence-corrected chi connectivity index (χ3v) is 8.20. The molecule has 7 rings (SSSR count). The number of rotatable bonds is 6. The summed E-state index contributed by atoms with van der Waals surface area (Å²) < 4.78 is 32.2. The van der Waals surface area contributed by atoms with E-state index >= 15 is 0 Å². The predicted molar refractivity (Wildman–Crippen MR) is 143 cm³/mol. The molecule has 2 bridgehead atoms. The van der Waals surface area contributed by atoms with Gasteiger partial charge in [-0.05, 0) is 71.2 Å². The molecule has 4 aliphatic rings. The Morgan fingerprint density at radius 2 is 1.66 bits per heavy atom. The average Bonchev–Trinajstić information content (AvgIpc) is 3.71. The molecule has 2 fully saturated rings. The van der Waals surface area contributed by atoms with Crippen LogP contribution in [0.4, 0.5) is 9.18 Å². The predicted octanol–water partition coefficient (Wildman–Crippen LogP) is 6.42. The normalized spacial score (nSPS) is 21.9. The van der Waals surface area contributed by atoms with E-state index < -0.39 is 0 Å². The van der Waals surface area contributed by atoms with Crippen LogP contribution in [0, 0.1) is 11.7 Å². The van der Waals surface area contributed by atoms with Crippen LogP contribution in [-0.2, 0) is 9.47 Å². The molecule has 194 valence electrons. The molecule has 2 aliphatic carbocycles. The lowest BCUT2D eigenvalue weighted by Crippen LogP contribution is -2.56. The highest BCUT2D eigenvalue weighted by atomic mass is 19.1. The maximum absolute atomic E-state index is 14.3. The highest BCUT2D eigenvalue weighted by Crippen LogP contribution is 2.45. The maximum Gasteiger partial charge on any atom is 0.410 e. The van der Waals surface area contributed by atoms with E-state index in [4.69, 9.17) is 14.2 Å². The Balaban J connectivity index is 1.11. The van der Waals surface area contributed by atoms with Crippen LogP contribution in [0.2, 0.25) is 0 Å². The molecule has 0 N–H and O–H groups in total. The van der Waals surface area contributed by atoms with E-state index in [1.165, 1.54) is 41.2 Å². The summed E-state index contributed by atoms with van der Waals surface area (Å²) in [4.78, 5) is 15.3. The van der Waals surface area contributed by atoms with Crippen molar-refractivity contribution in [2.45, 2.75) is 37.3 Å². The fourth-order valence-corrected chi connectivity index (χ4v) is 6.12. The number of carbonyl (C=O) groups is 1. The zero-order valence-corrected chi connectivity index (χ0v) is 21.1. The number of morpholine rings is 1. The van der Waals surface area contributed by atoms with Crippen LogP contribution in [0.5, 0.6) is 5.75 Å². The molecule has 0 radical (unpaired) electrons. The molecule has 1 saturated carbocycles. The lowest BCUT2D eigenvalue weighted by atomic mass is 9.89. The zero-order valence-electron chi connectivity index (χ0n) is 21.1. The van der Waals surface area contributed by atoms with Crippen molar-refractivity contribution in [2.75, 3.05) is 26.4 Å². The number of amides is 1. The van der Waals surface area contributed by atoms with Crippen LogP contribution in [0.25, 0.3) is 16.7 Å². The molecule has 38 heavy (non-hydrogen) atoms. The first-order valence-corrected chi connectivity index (χ1v) is 13.5. The first kappa shape index (κ1) is 23.5. The van der Waals surface area contributed by atoms with Crippen LogP contribution < -0.4 is 4.74 Å². The maximum atomic E-state index is 14.3. The highest BCUT2D eigenvalue weighted by molar-refractivity contribution is 5.80. The van der Waals surface area contributed by atoms with Crippen molar-refractivity contribution >= 4 is 11.7 Å². The van der Waals surface area contributed by atoms with E-state index in [0.29, 0.717) is 37.9 Å². The van der Waals surface area contributed by atoms with Gasteiger partial charge in [0.05, 0.1) is 31.9 Å². The third-order valence-electron chi connectivity index (χ3n) is 8.20. The van der Waals surface area contributed by atoms with Gasteiger partial charge in [0.15, 0.2) is 0 Å². The molecule has 5 nitrogen and oxygen atoms in total. The largest absolute Gasteiger partial charge is 0.493 e. The van der Waals surface area contributed by atoms with Crippen LogP contribution >= 0.6 is 0 Å². The minimum atomic E-state index is -0.329. The molecule has 6 heteroatoms. The summed E-state index contributed by atoms with van der Waals surface area (Å²) in [5, 5.41) is 0. The van der Waals surface area contributed by atoms with Gasteiger partial charge in [0, 0.05) is 11.5 Å². The molecule has 2 unspecified atom stereocenters. The van der Waals surface area contributed by atoms with Crippen LogP contribution in [0.15, 0.2) is 72.8 Å². The topological polar surface area (TPSA) is 48.0 Å². The number of carbonyl (C=O) groups excluding carboxylic acids is 1. The van der Waals surface area contributed by atoms with Gasteiger partial charge in [-0.15, -0.1) is 0 Å². The summed E-state index contributed by atoms with van der Waals surface area (Å²) in [6.07, 6.45) is 4.63. The number of hydrogen-bond donors (Lipinski definition) is 0. The number of hydrogen-bond acceptors (Lipinski definition) is 4. The highest BCUT2D eigenvalue weighted by Gasteiger charge is 2.40. The van der Waals surface area contributed by atoms with Gasteiger partial charge in [-0.25, -0.2) is 9.18 Å². The van der Waals surface area contributed by atoms with Crippen molar-refractivity contribution in [3.63, 3.8) is 0 Å². The smallest absolute Gasteiger partial charge is 0.410 e. The Labute approximate surface area is 221 Å². The molecule has 0 spiro atoms. The monoisotopic (exact) mass is 511 g/mol. The summed E-state index contributed by atoms with van der Waals surface area (Å²) in [5.41, 5.74) is 6.56. The molecule has 2 heterocycles. The van der Waals surface area contributed by atoms with E-state index in [1.807, 2.05) is 35.2 Å². The Hall–Kier alpha value is -3.64. The van der Waals surface area contributed by atoms with Gasteiger partial charge in [-0.2, -0.15) is 0 Å². The lowest BCUT2D eigenvalue weighted by molar-refractivity contribution is -0.0331. The summed E-state index contributed by atoms with van der Waals surface area (Å²) in [6, 6.07) is 20.9. The first-order chi connectivity index (χ1) is 18.7. The Bertz CT molecular complexity index is 1370. The second-order valence-electron chi connectivity index (χ2n) is 10.8. The number of nitrogens with zero attached hydrogens (tertiary/aromatic N) is 1. The zero-order chi connectivity index (χ0) is 25.6. The van der Waals surface area contributed by atoms with Crippen molar-refractivity contribution in [2.24, 2.45) is 5.92 Å². The molecular weight excluding hydrogens is 481 g/mol. The van der Waals surface area contributed by atoms with E-state index in [9.17, 15) is 9.18 Å². The number of ether oxygens (including phenoxy) is 3. The van der Waals surface area contributed by atoms with E-state index in [0.717, 1.165) is 11.1 Å². The number of fused-ring (bicyclic) bond motifs is 5. The molecule has 3 aromatic carbocycles. The van der Waals surface area contributed by atoms with Gasteiger partial charge in [-0.1, -0.05) is 54.6 Å². The average molecular weight is 512 g/mol. The SMILES string of the molecule is O=C(OCC1c2ccccc2-c2ccccc21)N1C2C=C(c3cc(F)ccc3OCC3CC3)CC1COC2. The molecule has 1 saturated heterocycles. The standard InChI is InChI=1S/C32H30FNO4/c33-22-11-12-31(37-16-20-9-10-20)29(15-22)21-13-23-17-36-18-24(14-21)34(23)32(35)38-19-30-27-7-3-1-5-25(27)26-6-2-4-8-28(26)30/h1-8,11-13,15,20,23-24,30H,9-10,14,16-19H2. The Morgan fingerprint density at radius 1 is 0.921 bits per heavy atom. The van der Waals surface area contributed by atoms with Crippen molar-refractivity contribution in [1.82, 2.24) is 4.90 Å². The Kier molecular flexibility index (Phi) is 5.92. The van der Waals surface area contributed by atoms with E-state index in [1.54, 1.807) is 12.1 Å². The number of benzene rings is 3. The molecule has 3 aromatic rings. The van der Waals surface area contributed by atoms with Crippen LogP contribution in [0.1, 0.15) is 41.9 Å². The lowest BCUT2D eigenvalue weighted by Gasteiger charge is -2.44. The molecule has 2 atom stereocenters. The van der Waals surface area contributed by atoms with Crippen LogP contribution in [-0.4, -0.2) is 49.5 Å². The van der Waals surface area contributed by atoms with E-state index in [-0.39, 0.29) is 36.5 Å². The van der Waals surface area contributed by atoms with Crippen molar-refractivity contribution in [1.29, 1.82) is 0 Å².